The second-order valence-electron chi connectivity index (χ2n) is 3.19. The molecule has 0 aliphatic carbocycles. The molecule has 1 heterocycles. The summed E-state index contributed by atoms with van der Waals surface area (Å²) < 4.78 is 34.7. The molecule has 1 N–H and O–H groups in total. The number of alkyl halides is 1. The predicted molar refractivity (Wildman–Crippen MR) is 43.4 cm³/mol. The van der Waals surface area contributed by atoms with Crippen molar-refractivity contribution in [3.63, 3.8) is 0 Å². The Labute approximate surface area is 71.5 Å². The average molecular weight is 196 g/mol. The Balaban J connectivity index is 2.46. The molecule has 72 valence electrons. The molecule has 0 spiro atoms. The Morgan fingerprint density at radius 1 is 1.42 bits per heavy atom. The number of hydrogen-bond donors (Lipinski definition) is 1. The fraction of sp³-hybridized carbons (Fsp3) is 1.00. The second kappa shape index (κ2) is 3.70. The van der Waals surface area contributed by atoms with Gasteiger partial charge in [-0.25, -0.2) is 12.8 Å². The molecule has 1 aliphatic heterocycles. The minimum atomic E-state index is -2.91. The summed E-state index contributed by atoms with van der Waals surface area (Å²) in [4.78, 5) is 0. The van der Waals surface area contributed by atoms with Gasteiger partial charge in [-0.1, -0.05) is 0 Å². The van der Waals surface area contributed by atoms with Crippen LogP contribution in [0, 0.1) is 5.92 Å². The van der Waals surface area contributed by atoms with Gasteiger partial charge in [0, 0.05) is 0 Å². The SMILES string of the molecule is O=S1(=O)CCC(C(F)CO)CC1. The quantitative estimate of drug-likeness (QED) is 0.683. The monoisotopic (exact) mass is 196 g/mol. The van der Waals surface area contributed by atoms with Crippen LogP contribution in [0.3, 0.4) is 0 Å². The fourth-order valence-corrected chi connectivity index (χ4v) is 2.95. The Hall–Kier alpha value is -0.160. The largest absolute Gasteiger partial charge is 0.393 e. The van der Waals surface area contributed by atoms with E-state index in [1.54, 1.807) is 0 Å². The average Bonchev–Trinajstić information content (AvgIpc) is 2.03. The first-order valence-electron chi connectivity index (χ1n) is 4.00. The fourth-order valence-electron chi connectivity index (χ4n) is 1.42. The molecular weight excluding hydrogens is 183 g/mol. The number of sulfone groups is 1. The lowest BCUT2D eigenvalue weighted by molar-refractivity contribution is 0.120. The summed E-state index contributed by atoms with van der Waals surface area (Å²) in [6.07, 6.45) is -0.547. The molecule has 1 aliphatic rings. The standard InChI is InChI=1S/C7H13FO3S/c8-7(5-9)6-1-3-12(10,11)4-2-6/h6-7,9H,1-5H2. The molecule has 1 saturated heterocycles. The minimum Gasteiger partial charge on any atom is -0.393 e. The van der Waals surface area contributed by atoms with Crippen LogP contribution in [-0.2, 0) is 9.84 Å². The maximum Gasteiger partial charge on any atom is 0.150 e. The highest BCUT2D eigenvalue weighted by molar-refractivity contribution is 7.91. The Morgan fingerprint density at radius 2 is 1.92 bits per heavy atom. The summed E-state index contributed by atoms with van der Waals surface area (Å²) >= 11 is 0. The van der Waals surface area contributed by atoms with Gasteiger partial charge in [0.1, 0.15) is 16.0 Å². The molecule has 0 saturated carbocycles. The van der Waals surface area contributed by atoms with E-state index in [0.29, 0.717) is 12.8 Å². The lowest BCUT2D eigenvalue weighted by Gasteiger charge is -2.23. The van der Waals surface area contributed by atoms with E-state index in [9.17, 15) is 12.8 Å². The predicted octanol–water partition coefficient (Wildman–Crippen LogP) is 0.142. The van der Waals surface area contributed by atoms with Crippen molar-refractivity contribution >= 4 is 9.84 Å². The molecule has 0 aromatic heterocycles. The number of halogens is 1. The zero-order chi connectivity index (χ0) is 9.19. The molecule has 1 rings (SSSR count). The smallest absolute Gasteiger partial charge is 0.150 e. The molecule has 3 nitrogen and oxygen atoms in total. The van der Waals surface area contributed by atoms with Crippen molar-refractivity contribution in [1.82, 2.24) is 0 Å². The molecule has 0 amide bonds. The first-order chi connectivity index (χ1) is 5.55. The van der Waals surface area contributed by atoms with Gasteiger partial charge in [0.2, 0.25) is 0 Å². The Kier molecular flexibility index (Phi) is 3.06. The second-order valence-corrected chi connectivity index (χ2v) is 5.49. The highest BCUT2D eigenvalue weighted by Crippen LogP contribution is 2.23. The Morgan fingerprint density at radius 3 is 2.33 bits per heavy atom. The maximum absolute atomic E-state index is 12.8. The van der Waals surface area contributed by atoms with Crippen LogP contribution in [0.2, 0.25) is 0 Å². The minimum absolute atomic E-state index is 0.0675. The third kappa shape index (κ3) is 2.42. The molecule has 0 radical (unpaired) electrons. The normalized spacial score (nSPS) is 26.8. The summed E-state index contributed by atoms with van der Waals surface area (Å²) in [5, 5.41) is 8.49. The number of hydrogen-bond acceptors (Lipinski definition) is 3. The maximum atomic E-state index is 12.8. The number of aliphatic hydroxyl groups is 1. The van der Waals surface area contributed by atoms with Crippen LogP contribution in [0.1, 0.15) is 12.8 Å². The van der Waals surface area contributed by atoms with E-state index in [4.69, 9.17) is 5.11 Å². The van der Waals surface area contributed by atoms with Gasteiger partial charge in [-0.15, -0.1) is 0 Å². The van der Waals surface area contributed by atoms with Crippen molar-refractivity contribution in [2.45, 2.75) is 19.0 Å². The van der Waals surface area contributed by atoms with Crippen molar-refractivity contribution in [3.8, 4) is 0 Å². The molecule has 12 heavy (non-hydrogen) atoms. The highest BCUT2D eigenvalue weighted by atomic mass is 32.2. The summed E-state index contributed by atoms with van der Waals surface area (Å²) in [5.74, 6) is -0.130. The van der Waals surface area contributed by atoms with Gasteiger partial charge in [-0.05, 0) is 18.8 Å². The van der Waals surface area contributed by atoms with Gasteiger partial charge in [0.25, 0.3) is 0 Å². The molecule has 1 fully saturated rings. The third-order valence-electron chi connectivity index (χ3n) is 2.29. The molecule has 5 heteroatoms. The molecule has 0 bridgehead atoms. The Bertz CT molecular complexity index is 223. The van der Waals surface area contributed by atoms with E-state index in [2.05, 4.69) is 0 Å². The van der Waals surface area contributed by atoms with E-state index in [0.717, 1.165) is 0 Å². The van der Waals surface area contributed by atoms with Crippen LogP contribution in [0.4, 0.5) is 4.39 Å². The van der Waals surface area contributed by atoms with E-state index in [-0.39, 0.29) is 17.4 Å². The van der Waals surface area contributed by atoms with Gasteiger partial charge >= 0.3 is 0 Å². The van der Waals surface area contributed by atoms with E-state index in [1.807, 2.05) is 0 Å². The third-order valence-corrected chi connectivity index (χ3v) is 4.00. The zero-order valence-corrected chi connectivity index (χ0v) is 7.56. The van der Waals surface area contributed by atoms with E-state index < -0.39 is 22.6 Å². The van der Waals surface area contributed by atoms with Crippen molar-refractivity contribution in [2.24, 2.45) is 5.92 Å². The van der Waals surface area contributed by atoms with Crippen LogP contribution >= 0.6 is 0 Å². The lowest BCUT2D eigenvalue weighted by atomic mass is 9.98. The van der Waals surface area contributed by atoms with Crippen molar-refractivity contribution in [3.05, 3.63) is 0 Å². The number of aliphatic hydroxyl groups excluding tert-OH is 1. The summed E-state index contributed by atoms with van der Waals surface area (Å²) in [7, 11) is -2.91. The molecule has 0 aromatic carbocycles. The van der Waals surface area contributed by atoms with Gasteiger partial charge in [-0.2, -0.15) is 0 Å². The first kappa shape index (κ1) is 9.92. The van der Waals surface area contributed by atoms with E-state index >= 15 is 0 Å². The van der Waals surface area contributed by atoms with Crippen LogP contribution < -0.4 is 0 Å². The lowest BCUT2D eigenvalue weighted by Crippen LogP contribution is -2.30. The van der Waals surface area contributed by atoms with Crippen LogP contribution in [0.15, 0.2) is 0 Å². The molecular formula is C7H13FO3S. The van der Waals surface area contributed by atoms with Crippen LogP contribution in [0.25, 0.3) is 0 Å². The number of rotatable bonds is 2. The highest BCUT2D eigenvalue weighted by Gasteiger charge is 2.28. The summed E-state index contributed by atoms with van der Waals surface area (Å²) in [5.41, 5.74) is 0. The van der Waals surface area contributed by atoms with Crippen LogP contribution in [0.5, 0.6) is 0 Å². The first-order valence-corrected chi connectivity index (χ1v) is 5.82. The summed E-state index contributed by atoms with van der Waals surface area (Å²) in [6, 6.07) is 0. The van der Waals surface area contributed by atoms with Crippen LogP contribution in [-0.4, -0.2) is 37.8 Å². The molecule has 0 aromatic rings. The van der Waals surface area contributed by atoms with Gasteiger partial charge in [0.05, 0.1) is 18.1 Å². The topological polar surface area (TPSA) is 54.4 Å². The van der Waals surface area contributed by atoms with Gasteiger partial charge in [-0.3, -0.25) is 0 Å². The van der Waals surface area contributed by atoms with Gasteiger partial charge in [0.15, 0.2) is 0 Å². The van der Waals surface area contributed by atoms with Crippen molar-refractivity contribution in [1.29, 1.82) is 0 Å². The summed E-state index contributed by atoms with van der Waals surface area (Å²) in [6.45, 7) is -0.495. The van der Waals surface area contributed by atoms with E-state index in [1.165, 1.54) is 0 Å². The molecule has 1 atom stereocenters. The molecule has 1 unspecified atom stereocenters. The zero-order valence-electron chi connectivity index (χ0n) is 6.74. The van der Waals surface area contributed by atoms with Crippen molar-refractivity contribution in [2.75, 3.05) is 18.1 Å². The van der Waals surface area contributed by atoms with Gasteiger partial charge < -0.3 is 5.11 Å². The van der Waals surface area contributed by atoms with Crippen molar-refractivity contribution < 1.29 is 17.9 Å².